The first-order valence-corrected chi connectivity index (χ1v) is 6.17. The molecule has 0 aromatic heterocycles. The topological polar surface area (TPSA) is 93.8 Å². The number of amides is 1. The third kappa shape index (κ3) is 3.00. The Morgan fingerprint density at radius 2 is 1.95 bits per heavy atom. The van der Waals surface area contributed by atoms with Gasteiger partial charge in [0.1, 0.15) is 5.75 Å². The van der Waals surface area contributed by atoms with Gasteiger partial charge in [-0.2, -0.15) is 0 Å². The van der Waals surface area contributed by atoms with Crippen LogP contribution in [0.25, 0.3) is 0 Å². The van der Waals surface area contributed by atoms with Crippen molar-refractivity contribution in [3.05, 3.63) is 42.0 Å². The number of phenols is 1. The van der Waals surface area contributed by atoms with Gasteiger partial charge < -0.3 is 25.6 Å². The number of aromatic hydroxyl groups is 1. The van der Waals surface area contributed by atoms with E-state index in [4.69, 9.17) is 15.2 Å². The third-order valence-electron chi connectivity index (χ3n) is 2.93. The molecule has 6 heteroatoms. The fourth-order valence-corrected chi connectivity index (χ4v) is 1.92. The molecule has 0 bridgehead atoms. The number of carbonyl (C=O) groups is 1. The van der Waals surface area contributed by atoms with Gasteiger partial charge in [-0.25, -0.2) is 0 Å². The molecule has 6 nitrogen and oxygen atoms in total. The molecule has 1 amide bonds. The summed E-state index contributed by atoms with van der Waals surface area (Å²) in [6.45, 7) is 0. The van der Waals surface area contributed by atoms with E-state index in [1.54, 1.807) is 18.2 Å². The third-order valence-corrected chi connectivity index (χ3v) is 2.93. The number of hydrogen-bond donors (Lipinski definition) is 3. The van der Waals surface area contributed by atoms with Gasteiger partial charge >= 0.3 is 0 Å². The van der Waals surface area contributed by atoms with Crippen LogP contribution < -0.4 is 20.5 Å². The summed E-state index contributed by atoms with van der Waals surface area (Å²) in [4.78, 5) is 12.3. The van der Waals surface area contributed by atoms with Gasteiger partial charge in [-0.3, -0.25) is 4.79 Å². The van der Waals surface area contributed by atoms with Crippen LogP contribution in [0.5, 0.6) is 17.2 Å². The molecule has 0 unspecified atom stereocenters. The lowest BCUT2D eigenvalue weighted by Gasteiger charge is -2.13. The highest BCUT2D eigenvalue weighted by Crippen LogP contribution is 2.32. The summed E-state index contributed by atoms with van der Waals surface area (Å²) in [6, 6.07) is 9.33. The monoisotopic (exact) mass is 288 g/mol. The van der Waals surface area contributed by atoms with Crippen LogP contribution in [-0.4, -0.2) is 25.2 Å². The minimum absolute atomic E-state index is 0.0319. The number of phenolic OH excluding ortho intramolecular Hbond substituents is 1. The molecule has 0 radical (unpaired) electrons. The lowest BCUT2D eigenvalue weighted by Crippen LogP contribution is -2.14. The Labute approximate surface area is 122 Å². The van der Waals surface area contributed by atoms with Gasteiger partial charge in [-0.05, 0) is 24.3 Å². The number of para-hydroxylation sites is 1. The number of rotatable bonds is 4. The van der Waals surface area contributed by atoms with E-state index in [2.05, 4.69) is 5.32 Å². The molecule has 0 spiro atoms. The molecule has 21 heavy (non-hydrogen) atoms. The fourth-order valence-electron chi connectivity index (χ4n) is 1.92. The lowest BCUT2D eigenvalue weighted by atomic mass is 10.1. The molecule has 0 aliphatic heterocycles. The maximum absolute atomic E-state index is 12.3. The zero-order valence-corrected chi connectivity index (χ0v) is 11.7. The number of nitrogens with two attached hydrogens (primary N) is 1. The summed E-state index contributed by atoms with van der Waals surface area (Å²) < 4.78 is 10.4. The standard InChI is InChI=1S/C15H16N2O4/c1-20-13-5-3-4-10(14(13)21-2)15(19)17-12-7-6-9(18)8-11(12)16/h3-8,18H,16H2,1-2H3,(H,17,19). The number of hydrogen-bond acceptors (Lipinski definition) is 5. The molecule has 2 aromatic rings. The van der Waals surface area contributed by atoms with Crippen molar-refractivity contribution >= 4 is 17.3 Å². The Morgan fingerprint density at radius 3 is 2.57 bits per heavy atom. The number of methoxy groups -OCH3 is 2. The molecule has 0 saturated heterocycles. The largest absolute Gasteiger partial charge is 0.508 e. The summed E-state index contributed by atoms with van der Waals surface area (Å²) in [5, 5.41) is 12.0. The van der Waals surface area contributed by atoms with Gasteiger partial charge in [0.2, 0.25) is 0 Å². The molecule has 110 valence electrons. The first-order valence-electron chi connectivity index (χ1n) is 6.17. The van der Waals surface area contributed by atoms with Gasteiger partial charge in [0.15, 0.2) is 11.5 Å². The van der Waals surface area contributed by atoms with E-state index in [0.29, 0.717) is 22.7 Å². The molecule has 0 fully saturated rings. The predicted octanol–water partition coefficient (Wildman–Crippen LogP) is 2.24. The van der Waals surface area contributed by atoms with Gasteiger partial charge in [0.05, 0.1) is 31.2 Å². The van der Waals surface area contributed by atoms with Crippen molar-refractivity contribution in [3.63, 3.8) is 0 Å². The van der Waals surface area contributed by atoms with Crippen LogP contribution in [0.3, 0.4) is 0 Å². The minimum Gasteiger partial charge on any atom is -0.508 e. The van der Waals surface area contributed by atoms with Crippen molar-refractivity contribution in [2.75, 3.05) is 25.3 Å². The number of anilines is 2. The van der Waals surface area contributed by atoms with Gasteiger partial charge in [0, 0.05) is 6.07 Å². The second-order valence-corrected chi connectivity index (χ2v) is 4.27. The average Bonchev–Trinajstić information content (AvgIpc) is 2.49. The van der Waals surface area contributed by atoms with Crippen LogP contribution in [0.2, 0.25) is 0 Å². The minimum atomic E-state index is -0.386. The molecule has 2 rings (SSSR count). The van der Waals surface area contributed by atoms with Crippen LogP contribution in [0.15, 0.2) is 36.4 Å². The average molecular weight is 288 g/mol. The van der Waals surface area contributed by atoms with Crippen molar-refractivity contribution in [2.24, 2.45) is 0 Å². The van der Waals surface area contributed by atoms with E-state index in [9.17, 15) is 9.90 Å². The van der Waals surface area contributed by atoms with Gasteiger partial charge in [-0.1, -0.05) is 6.07 Å². The molecular formula is C15H16N2O4. The van der Waals surface area contributed by atoms with Crippen molar-refractivity contribution in [1.29, 1.82) is 0 Å². The summed E-state index contributed by atoms with van der Waals surface area (Å²) in [6.07, 6.45) is 0. The second kappa shape index (κ2) is 6.04. The quantitative estimate of drug-likeness (QED) is 0.592. The molecule has 0 heterocycles. The zero-order valence-electron chi connectivity index (χ0n) is 11.7. The summed E-state index contributed by atoms with van der Waals surface area (Å²) in [5.41, 5.74) is 6.74. The number of ether oxygens (including phenoxy) is 2. The Hall–Kier alpha value is -2.89. The van der Waals surface area contributed by atoms with Crippen molar-refractivity contribution in [1.82, 2.24) is 0 Å². The molecule has 0 atom stereocenters. The highest BCUT2D eigenvalue weighted by atomic mass is 16.5. The summed E-state index contributed by atoms with van der Waals surface area (Å²) >= 11 is 0. The Balaban J connectivity index is 2.32. The first-order chi connectivity index (χ1) is 10.1. The Morgan fingerprint density at radius 1 is 1.19 bits per heavy atom. The molecule has 0 saturated carbocycles. The summed E-state index contributed by atoms with van der Waals surface area (Å²) in [5.74, 6) is 0.450. The van der Waals surface area contributed by atoms with Crippen molar-refractivity contribution in [2.45, 2.75) is 0 Å². The van der Waals surface area contributed by atoms with Crippen LogP contribution in [0.1, 0.15) is 10.4 Å². The molecular weight excluding hydrogens is 272 g/mol. The maximum Gasteiger partial charge on any atom is 0.259 e. The zero-order chi connectivity index (χ0) is 15.4. The van der Waals surface area contributed by atoms with E-state index in [-0.39, 0.29) is 17.3 Å². The number of nitrogen functional groups attached to an aromatic ring is 1. The molecule has 0 aliphatic carbocycles. The highest BCUT2D eigenvalue weighted by Gasteiger charge is 2.17. The van der Waals surface area contributed by atoms with E-state index >= 15 is 0 Å². The van der Waals surface area contributed by atoms with Gasteiger partial charge in [-0.15, -0.1) is 0 Å². The number of benzene rings is 2. The molecule has 4 N–H and O–H groups in total. The van der Waals surface area contributed by atoms with Crippen LogP contribution in [0.4, 0.5) is 11.4 Å². The maximum atomic E-state index is 12.3. The van der Waals surface area contributed by atoms with Crippen LogP contribution in [-0.2, 0) is 0 Å². The van der Waals surface area contributed by atoms with Crippen LogP contribution >= 0.6 is 0 Å². The Bertz CT molecular complexity index is 671. The Kier molecular flexibility index (Phi) is 4.18. The SMILES string of the molecule is COc1cccc(C(=O)Nc2ccc(O)cc2N)c1OC. The van der Waals surface area contributed by atoms with E-state index < -0.39 is 0 Å². The number of nitrogens with one attached hydrogen (secondary N) is 1. The summed E-state index contributed by atoms with van der Waals surface area (Å²) in [7, 11) is 2.96. The predicted molar refractivity (Wildman–Crippen MR) is 80.0 cm³/mol. The lowest BCUT2D eigenvalue weighted by molar-refractivity contribution is 0.102. The van der Waals surface area contributed by atoms with Crippen LogP contribution in [0, 0.1) is 0 Å². The molecule has 0 aliphatic rings. The second-order valence-electron chi connectivity index (χ2n) is 4.27. The van der Waals surface area contributed by atoms with Gasteiger partial charge in [0.25, 0.3) is 5.91 Å². The molecule has 2 aromatic carbocycles. The van der Waals surface area contributed by atoms with E-state index in [1.165, 1.54) is 32.4 Å². The van der Waals surface area contributed by atoms with E-state index in [0.717, 1.165) is 0 Å². The normalized spacial score (nSPS) is 10.0. The first kappa shape index (κ1) is 14.5. The van der Waals surface area contributed by atoms with Crippen molar-refractivity contribution < 1.29 is 19.4 Å². The fraction of sp³-hybridized carbons (Fsp3) is 0.133. The highest BCUT2D eigenvalue weighted by molar-refractivity contribution is 6.08. The van der Waals surface area contributed by atoms with Crippen molar-refractivity contribution in [3.8, 4) is 17.2 Å². The van der Waals surface area contributed by atoms with E-state index in [1.807, 2.05) is 0 Å². The smallest absolute Gasteiger partial charge is 0.259 e. The number of carbonyl (C=O) groups excluding carboxylic acids is 1.